The van der Waals surface area contributed by atoms with E-state index < -0.39 is 0 Å². The van der Waals surface area contributed by atoms with Gasteiger partial charge in [0.2, 0.25) is 11.8 Å². The molecule has 1 atom stereocenters. The van der Waals surface area contributed by atoms with Crippen LogP contribution in [0.3, 0.4) is 0 Å². The Hall–Kier alpha value is -1.53. The molecule has 2 fully saturated rings. The number of piperazine rings is 1. The number of nitrogens with zero attached hydrogens (tertiary/aromatic N) is 2. The minimum Gasteiger partial charge on any atom is -0.467 e. The predicted octanol–water partition coefficient (Wildman–Crippen LogP) is 0.482. The van der Waals surface area contributed by atoms with E-state index in [4.69, 9.17) is 4.42 Å². The molecule has 7 heteroatoms. The van der Waals surface area contributed by atoms with E-state index in [1.165, 1.54) is 0 Å². The van der Waals surface area contributed by atoms with E-state index in [9.17, 15) is 9.59 Å². The van der Waals surface area contributed by atoms with Gasteiger partial charge in [-0.3, -0.25) is 9.59 Å². The third-order valence-electron chi connectivity index (χ3n) is 3.92. The van der Waals surface area contributed by atoms with Crippen molar-refractivity contribution >= 4 is 24.2 Å². The minimum atomic E-state index is -0.199. The van der Waals surface area contributed by atoms with Gasteiger partial charge >= 0.3 is 0 Å². The number of carbonyl (C=O) groups excluding carboxylic acids is 2. The number of likely N-dealkylation sites (tertiary alicyclic amines) is 1. The molecule has 0 aliphatic carbocycles. The largest absolute Gasteiger partial charge is 0.467 e. The first-order valence-corrected chi connectivity index (χ1v) is 7.03. The summed E-state index contributed by atoms with van der Waals surface area (Å²) < 4.78 is 5.26. The minimum absolute atomic E-state index is 0. The molecule has 0 bridgehead atoms. The summed E-state index contributed by atoms with van der Waals surface area (Å²) >= 11 is 0. The van der Waals surface area contributed by atoms with Crippen LogP contribution in [-0.2, 0) is 16.1 Å². The van der Waals surface area contributed by atoms with E-state index in [0.29, 0.717) is 19.5 Å². The Morgan fingerprint density at radius 3 is 2.81 bits per heavy atom. The molecule has 116 valence electrons. The molecule has 2 aliphatic heterocycles. The number of furan rings is 1. The maximum Gasteiger partial charge on any atom is 0.228 e. The highest BCUT2D eigenvalue weighted by Crippen LogP contribution is 2.22. The highest BCUT2D eigenvalue weighted by atomic mass is 35.5. The molecule has 2 saturated heterocycles. The standard InChI is InChI=1S/C14H19N3O3.ClH/c18-13-8-11(14(19)16-5-3-15-4-6-16)9-17(13)10-12-2-1-7-20-12;/h1-2,7,11,15H,3-6,8-10H2;1H. The van der Waals surface area contributed by atoms with Crippen molar-refractivity contribution in [2.45, 2.75) is 13.0 Å². The highest BCUT2D eigenvalue weighted by molar-refractivity contribution is 5.89. The fraction of sp³-hybridized carbons (Fsp3) is 0.571. The maximum atomic E-state index is 12.4. The second-order valence-electron chi connectivity index (χ2n) is 5.33. The Bertz CT molecular complexity index is 486. The zero-order valence-electron chi connectivity index (χ0n) is 11.8. The number of carbonyl (C=O) groups is 2. The molecule has 1 aromatic rings. The first-order chi connectivity index (χ1) is 9.74. The first-order valence-electron chi connectivity index (χ1n) is 7.03. The molecule has 1 N–H and O–H groups in total. The second kappa shape index (κ2) is 6.95. The summed E-state index contributed by atoms with van der Waals surface area (Å²) in [6.45, 7) is 4.11. The molecule has 1 aromatic heterocycles. The van der Waals surface area contributed by atoms with Crippen LogP contribution < -0.4 is 5.32 Å². The van der Waals surface area contributed by atoms with Crippen molar-refractivity contribution in [1.82, 2.24) is 15.1 Å². The Morgan fingerprint density at radius 1 is 1.38 bits per heavy atom. The quantitative estimate of drug-likeness (QED) is 0.881. The van der Waals surface area contributed by atoms with Crippen LogP contribution in [0, 0.1) is 5.92 Å². The van der Waals surface area contributed by atoms with Crippen molar-refractivity contribution < 1.29 is 14.0 Å². The summed E-state index contributed by atoms with van der Waals surface area (Å²) in [6, 6.07) is 3.65. The van der Waals surface area contributed by atoms with E-state index in [-0.39, 0.29) is 30.1 Å². The number of halogens is 1. The van der Waals surface area contributed by atoms with E-state index in [2.05, 4.69) is 5.32 Å². The third-order valence-corrected chi connectivity index (χ3v) is 3.92. The predicted molar refractivity (Wildman–Crippen MR) is 78.9 cm³/mol. The molecular formula is C14H20ClN3O3. The molecule has 6 nitrogen and oxygen atoms in total. The van der Waals surface area contributed by atoms with Crippen LogP contribution >= 0.6 is 12.4 Å². The first kappa shape index (κ1) is 15.9. The average molecular weight is 314 g/mol. The van der Waals surface area contributed by atoms with E-state index >= 15 is 0 Å². The van der Waals surface area contributed by atoms with Crippen molar-refractivity contribution in [1.29, 1.82) is 0 Å². The van der Waals surface area contributed by atoms with Crippen molar-refractivity contribution in [2.24, 2.45) is 5.92 Å². The lowest BCUT2D eigenvalue weighted by Gasteiger charge is -2.29. The van der Waals surface area contributed by atoms with Gasteiger partial charge in [0.05, 0.1) is 18.7 Å². The van der Waals surface area contributed by atoms with Crippen molar-refractivity contribution in [3.8, 4) is 0 Å². The number of hydrogen-bond acceptors (Lipinski definition) is 4. The Kier molecular flexibility index (Phi) is 5.25. The topological polar surface area (TPSA) is 65.8 Å². The van der Waals surface area contributed by atoms with E-state index in [1.54, 1.807) is 17.2 Å². The van der Waals surface area contributed by atoms with Crippen LogP contribution in [0.5, 0.6) is 0 Å². The van der Waals surface area contributed by atoms with E-state index in [1.807, 2.05) is 11.0 Å². The molecule has 21 heavy (non-hydrogen) atoms. The van der Waals surface area contributed by atoms with Crippen LogP contribution in [0.25, 0.3) is 0 Å². The molecule has 0 aromatic carbocycles. The molecule has 0 spiro atoms. The van der Waals surface area contributed by atoms with Crippen molar-refractivity contribution in [3.05, 3.63) is 24.2 Å². The second-order valence-corrected chi connectivity index (χ2v) is 5.33. The number of rotatable bonds is 3. The summed E-state index contributed by atoms with van der Waals surface area (Å²) in [7, 11) is 0. The number of hydrogen-bond donors (Lipinski definition) is 1. The summed E-state index contributed by atoms with van der Waals surface area (Å²) in [6.07, 6.45) is 1.92. The number of nitrogens with one attached hydrogen (secondary N) is 1. The van der Waals surface area contributed by atoms with Crippen LogP contribution in [0.2, 0.25) is 0 Å². The van der Waals surface area contributed by atoms with Crippen LogP contribution in [0.4, 0.5) is 0 Å². The van der Waals surface area contributed by atoms with Crippen molar-refractivity contribution in [3.63, 3.8) is 0 Å². The van der Waals surface area contributed by atoms with Gasteiger partial charge in [0.1, 0.15) is 5.76 Å². The summed E-state index contributed by atoms with van der Waals surface area (Å²) in [5.41, 5.74) is 0. The molecule has 0 radical (unpaired) electrons. The lowest BCUT2D eigenvalue weighted by molar-refractivity contribution is -0.136. The smallest absolute Gasteiger partial charge is 0.228 e. The molecule has 2 amide bonds. The molecule has 1 unspecified atom stereocenters. The van der Waals surface area contributed by atoms with Gasteiger partial charge in [-0.15, -0.1) is 12.4 Å². The normalized spacial score (nSPS) is 22.3. The average Bonchev–Trinajstić information content (AvgIpc) is 3.10. The zero-order chi connectivity index (χ0) is 13.9. The van der Waals surface area contributed by atoms with Gasteiger partial charge in [-0.2, -0.15) is 0 Å². The third kappa shape index (κ3) is 3.57. The zero-order valence-corrected chi connectivity index (χ0v) is 12.6. The van der Waals surface area contributed by atoms with Gasteiger partial charge in [0.25, 0.3) is 0 Å². The van der Waals surface area contributed by atoms with Gasteiger partial charge in [0, 0.05) is 39.1 Å². The lowest BCUT2D eigenvalue weighted by Crippen LogP contribution is -2.48. The SMILES string of the molecule is Cl.O=C1CC(C(=O)N2CCNCC2)CN1Cc1ccco1. The molecule has 3 rings (SSSR count). The van der Waals surface area contributed by atoms with Gasteiger partial charge in [-0.05, 0) is 12.1 Å². The Balaban J connectivity index is 0.00000161. The van der Waals surface area contributed by atoms with Gasteiger partial charge in [0.15, 0.2) is 0 Å². The molecular weight excluding hydrogens is 294 g/mol. The van der Waals surface area contributed by atoms with Gasteiger partial charge in [-0.1, -0.05) is 0 Å². The molecule has 3 heterocycles. The van der Waals surface area contributed by atoms with Gasteiger partial charge < -0.3 is 19.5 Å². The lowest BCUT2D eigenvalue weighted by atomic mass is 10.1. The van der Waals surface area contributed by atoms with Crippen LogP contribution in [0.15, 0.2) is 22.8 Å². The summed E-state index contributed by atoms with van der Waals surface area (Å²) in [4.78, 5) is 28.0. The fourth-order valence-electron chi connectivity index (χ4n) is 2.82. The highest BCUT2D eigenvalue weighted by Gasteiger charge is 2.36. The van der Waals surface area contributed by atoms with Gasteiger partial charge in [-0.25, -0.2) is 0 Å². The Labute approximate surface area is 129 Å². The van der Waals surface area contributed by atoms with Crippen LogP contribution in [-0.4, -0.2) is 54.3 Å². The number of amides is 2. The van der Waals surface area contributed by atoms with Crippen LogP contribution in [0.1, 0.15) is 12.2 Å². The maximum absolute atomic E-state index is 12.4. The monoisotopic (exact) mass is 313 g/mol. The fourth-order valence-corrected chi connectivity index (χ4v) is 2.82. The van der Waals surface area contributed by atoms with Crippen molar-refractivity contribution in [2.75, 3.05) is 32.7 Å². The summed E-state index contributed by atoms with van der Waals surface area (Å²) in [5, 5.41) is 3.22. The molecule has 2 aliphatic rings. The Morgan fingerprint density at radius 2 is 2.14 bits per heavy atom. The summed E-state index contributed by atoms with van der Waals surface area (Å²) in [5.74, 6) is 0.709. The molecule has 0 saturated carbocycles. The van der Waals surface area contributed by atoms with E-state index in [0.717, 1.165) is 31.9 Å².